The Morgan fingerprint density at radius 3 is 2.69 bits per heavy atom. The van der Waals surface area contributed by atoms with Crippen LogP contribution in [0.5, 0.6) is 0 Å². The summed E-state index contributed by atoms with van der Waals surface area (Å²) < 4.78 is 24.3. The van der Waals surface area contributed by atoms with Gasteiger partial charge < -0.3 is 5.73 Å². The van der Waals surface area contributed by atoms with Gasteiger partial charge in [-0.25, -0.2) is 13.1 Å². The lowest BCUT2D eigenvalue weighted by atomic mass is 10.2. The van der Waals surface area contributed by atoms with E-state index in [-0.39, 0.29) is 12.6 Å². The number of sulfonamides is 1. The minimum atomic E-state index is -3.42. The predicted molar refractivity (Wildman–Crippen MR) is 48.1 cm³/mol. The third kappa shape index (κ3) is 3.72. The maximum atomic E-state index is 11.0. The monoisotopic (exact) mass is 203 g/mol. The molecule has 1 aliphatic rings. The normalized spacial score (nSPS) is 19.4. The van der Waals surface area contributed by atoms with Crippen molar-refractivity contribution in [1.29, 1.82) is 5.26 Å². The summed E-state index contributed by atoms with van der Waals surface area (Å²) in [5, 5.41) is 8.19. The Balaban J connectivity index is 2.28. The molecule has 74 valence electrons. The molecule has 0 aromatic rings. The Hall–Kier alpha value is -0.640. The summed E-state index contributed by atoms with van der Waals surface area (Å²) in [6, 6.07) is 1.48. The van der Waals surface area contributed by atoms with E-state index in [0.29, 0.717) is 5.92 Å². The maximum absolute atomic E-state index is 11.0. The standard InChI is InChI=1S/C7H13N3O2S/c8-3-4-13(11,12)10-5-7(9)6-1-2-6/h6-7,10H,1-2,4-5,9H2. The van der Waals surface area contributed by atoms with Crippen LogP contribution in [0.3, 0.4) is 0 Å². The van der Waals surface area contributed by atoms with E-state index in [1.54, 1.807) is 6.07 Å². The highest BCUT2D eigenvalue weighted by molar-refractivity contribution is 7.89. The van der Waals surface area contributed by atoms with Gasteiger partial charge in [0.2, 0.25) is 10.0 Å². The van der Waals surface area contributed by atoms with Crippen molar-refractivity contribution in [2.24, 2.45) is 11.7 Å². The van der Waals surface area contributed by atoms with Crippen molar-refractivity contribution in [1.82, 2.24) is 4.72 Å². The topological polar surface area (TPSA) is 96.0 Å². The lowest BCUT2D eigenvalue weighted by molar-refractivity contribution is 0.550. The Morgan fingerprint density at radius 1 is 1.62 bits per heavy atom. The molecular weight excluding hydrogens is 190 g/mol. The summed E-state index contributed by atoms with van der Waals surface area (Å²) in [5.41, 5.74) is 5.67. The summed E-state index contributed by atoms with van der Waals surface area (Å²) in [6.07, 6.45) is 2.17. The number of nitriles is 1. The van der Waals surface area contributed by atoms with Crippen LogP contribution in [0.1, 0.15) is 12.8 Å². The van der Waals surface area contributed by atoms with Crippen molar-refractivity contribution >= 4 is 10.0 Å². The first-order valence-corrected chi connectivity index (χ1v) is 5.80. The van der Waals surface area contributed by atoms with Gasteiger partial charge in [-0.15, -0.1) is 0 Å². The third-order valence-electron chi connectivity index (χ3n) is 2.02. The van der Waals surface area contributed by atoms with E-state index in [1.807, 2.05) is 0 Å². The lowest BCUT2D eigenvalue weighted by Crippen LogP contribution is -2.39. The van der Waals surface area contributed by atoms with Crippen LogP contribution in [0, 0.1) is 17.2 Å². The van der Waals surface area contributed by atoms with Crippen LogP contribution in [0.4, 0.5) is 0 Å². The van der Waals surface area contributed by atoms with Gasteiger partial charge in [0.05, 0.1) is 6.07 Å². The zero-order valence-corrected chi connectivity index (χ0v) is 8.05. The highest BCUT2D eigenvalue weighted by Crippen LogP contribution is 2.31. The van der Waals surface area contributed by atoms with E-state index in [0.717, 1.165) is 12.8 Å². The van der Waals surface area contributed by atoms with Crippen molar-refractivity contribution in [2.45, 2.75) is 18.9 Å². The molecular formula is C7H13N3O2S. The zero-order chi connectivity index (χ0) is 9.90. The second-order valence-corrected chi connectivity index (χ2v) is 5.07. The molecule has 5 nitrogen and oxygen atoms in total. The molecule has 0 bridgehead atoms. The minimum absolute atomic E-state index is 0.103. The van der Waals surface area contributed by atoms with E-state index in [2.05, 4.69) is 4.72 Å². The highest BCUT2D eigenvalue weighted by Gasteiger charge is 2.28. The van der Waals surface area contributed by atoms with Crippen molar-refractivity contribution in [3.63, 3.8) is 0 Å². The molecule has 0 radical (unpaired) electrons. The van der Waals surface area contributed by atoms with Crippen LogP contribution in [0.2, 0.25) is 0 Å². The Morgan fingerprint density at radius 2 is 2.23 bits per heavy atom. The molecule has 1 aliphatic carbocycles. The summed E-state index contributed by atoms with van der Waals surface area (Å²) in [4.78, 5) is 0. The molecule has 0 aromatic carbocycles. The number of hydrogen-bond acceptors (Lipinski definition) is 4. The predicted octanol–water partition coefficient (Wildman–Crippen LogP) is -0.833. The van der Waals surface area contributed by atoms with E-state index in [9.17, 15) is 8.42 Å². The first kappa shape index (κ1) is 10.4. The molecule has 3 N–H and O–H groups in total. The van der Waals surface area contributed by atoms with E-state index in [1.165, 1.54) is 0 Å². The van der Waals surface area contributed by atoms with Crippen LogP contribution < -0.4 is 10.5 Å². The number of rotatable bonds is 5. The number of nitrogens with one attached hydrogen (secondary N) is 1. The zero-order valence-electron chi connectivity index (χ0n) is 7.23. The second-order valence-electron chi connectivity index (χ2n) is 3.27. The molecule has 0 amide bonds. The fraction of sp³-hybridized carbons (Fsp3) is 0.857. The van der Waals surface area contributed by atoms with Crippen LogP contribution in [0.15, 0.2) is 0 Å². The summed E-state index contributed by atoms with van der Waals surface area (Å²) in [5.74, 6) is -0.0329. The summed E-state index contributed by atoms with van der Waals surface area (Å²) in [6.45, 7) is 0.245. The molecule has 0 heterocycles. The average molecular weight is 203 g/mol. The van der Waals surface area contributed by atoms with Gasteiger partial charge in [0, 0.05) is 12.6 Å². The van der Waals surface area contributed by atoms with E-state index in [4.69, 9.17) is 11.0 Å². The van der Waals surface area contributed by atoms with Gasteiger partial charge >= 0.3 is 0 Å². The van der Waals surface area contributed by atoms with Gasteiger partial charge in [-0.3, -0.25) is 0 Å². The third-order valence-corrected chi connectivity index (χ3v) is 3.14. The van der Waals surface area contributed by atoms with Crippen molar-refractivity contribution in [3.05, 3.63) is 0 Å². The SMILES string of the molecule is N#CCS(=O)(=O)NCC(N)C1CC1. The first-order chi connectivity index (χ1) is 6.05. The molecule has 1 atom stereocenters. The van der Waals surface area contributed by atoms with Crippen molar-refractivity contribution in [3.8, 4) is 6.07 Å². The molecule has 0 saturated heterocycles. The Labute approximate surface area is 78.0 Å². The minimum Gasteiger partial charge on any atom is -0.326 e. The number of nitrogens with two attached hydrogens (primary N) is 1. The van der Waals surface area contributed by atoms with Crippen LogP contribution in [-0.2, 0) is 10.0 Å². The number of nitrogens with zero attached hydrogens (tertiary/aromatic N) is 1. The van der Waals surface area contributed by atoms with Crippen LogP contribution in [0.25, 0.3) is 0 Å². The smallest absolute Gasteiger partial charge is 0.225 e. The molecule has 13 heavy (non-hydrogen) atoms. The van der Waals surface area contributed by atoms with Gasteiger partial charge in [0.25, 0.3) is 0 Å². The Kier molecular flexibility index (Phi) is 3.25. The number of hydrogen-bond donors (Lipinski definition) is 2. The highest BCUT2D eigenvalue weighted by atomic mass is 32.2. The van der Waals surface area contributed by atoms with Crippen molar-refractivity contribution < 1.29 is 8.42 Å². The summed E-state index contributed by atoms with van der Waals surface area (Å²) >= 11 is 0. The lowest BCUT2D eigenvalue weighted by Gasteiger charge is -2.10. The van der Waals surface area contributed by atoms with E-state index >= 15 is 0 Å². The van der Waals surface area contributed by atoms with Gasteiger partial charge in [0.1, 0.15) is 0 Å². The van der Waals surface area contributed by atoms with E-state index < -0.39 is 15.8 Å². The molecule has 0 aliphatic heterocycles. The largest absolute Gasteiger partial charge is 0.326 e. The average Bonchev–Trinajstić information content (AvgIpc) is 2.82. The molecule has 6 heteroatoms. The first-order valence-electron chi connectivity index (χ1n) is 4.15. The maximum Gasteiger partial charge on any atom is 0.225 e. The van der Waals surface area contributed by atoms with Gasteiger partial charge in [-0.2, -0.15) is 5.26 Å². The fourth-order valence-electron chi connectivity index (χ4n) is 1.05. The van der Waals surface area contributed by atoms with Gasteiger partial charge in [-0.1, -0.05) is 0 Å². The molecule has 1 fully saturated rings. The Bertz CT molecular complexity index is 302. The van der Waals surface area contributed by atoms with Crippen LogP contribution >= 0.6 is 0 Å². The van der Waals surface area contributed by atoms with Gasteiger partial charge in [-0.05, 0) is 18.8 Å². The molecule has 1 rings (SSSR count). The quantitative estimate of drug-likeness (QED) is 0.609. The fourth-order valence-corrected chi connectivity index (χ4v) is 1.77. The molecule has 0 spiro atoms. The summed E-state index contributed by atoms with van der Waals surface area (Å²) in [7, 11) is -3.42. The van der Waals surface area contributed by atoms with Gasteiger partial charge in [0.15, 0.2) is 5.75 Å². The molecule has 0 aromatic heterocycles. The molecule has 1 unspecified atom stereocenters. The van der Waals surface area contributed by atoms with Crippen molar-refractivity contribution in [2.75, 3.05) is 12.3 Å². The molecule has 1 saturated carbocycles. The second kappa shape index (κ2) is 4.05. The van der Waals surface area contributed by atoms with Crippen LogP contribution in [-0.4, -0.2) is 26.8 Å².